The van der Waals surface area contributed by atoms with E-state index in [0.717, 1.165) is 11.0 Å². The molecule has 130 valence electrons. The Morgan fingerprint density at radius 2 is 1.92 bits per heavy atom. The molecule has 0 unspecified atom stereocenters. The summed E-state index contributed by atoms with van der Waals surface area (Å²) in [5.41, 5.74) is 2.74. The molecule has 0 atom stereocenters. The van der Waals surface area contributed by atoms with Gasteiger partial charge in [0, 0.05) is 5.56 Å². The van der Waals surface area contributed by atoms with Crippen LogP contribution in [0.15, 0.2) is 47.5 Å². The van der Waals surface area contributed by atoms with Crippen LogP contribution < -0.4 is 15.2 Å². The average molecular weight is 350 g/mol. The van der Waals surface area contributed by atoms with E-state index in [9.17, 15) is 9.90 Å². The number of aromatic amines is 2. The second-order valence-corrected chi connectivity index (χ2v) is 5.93. The fraction of sp³-hybridized carbons (Fsp3) is 0.111. The molecule has 3 N–H and O–H groups in total. The molecule has 0 spiro atoms. The largest absolute Gasteiger partial charge is 0.493 e. The molecule has 0 amide bonds. The number of nitrogens with one attached hydrogen (secondary N) is 2. The molecule has 0 bridgehead atoms. The van der Waals surface area contributed by atoms with Crippen LogP contribution in [-0.2, 0) is 0 Å². The molecule has 8 nitrogen and oxygen atoms in total. The fourth-order valence-electron chi connectivity index (χ4n) is 3.19. The zero-order chi connectivity index (χ0) is 17.7. The number of imidazole rings is 2. The van der Waals surface area contributed by atoms with E-state index in [1.165, 1.54) is 4.57 Å². The highest BCUT2D eigenvalue weighted by Crippen LogP contribution is 2.37. The van der Waals surface area contributed by atoms with Crippen molar-refractivity contribution < 1.29 is 14.6 Å². The van der Waals surface area contributed by atoms with Gasteiger partial charge in [0.1, 0.15) is 18.9 Å². The second kappa shape index (κ2) is 5.41. The maximum atomic E-state index is 12.5. The number of rotatable bonds is 2. The Morgan fingerprint density at radius 3 is 2.81 bits per heavy atom. The van der Waals surface area contributed by atoms with Gasteiger partial charge in [-0.3, -0.25) is 9.55 Å². The first kappa shape index (κ1) is 14.6. The predicted molar refractivity (Wildman–Crippen MR) is 94.1 cm³/mol. The third kappa shape index (κ3) is 2.16. The summed E-state index contributed by atoms with van der Waals surface area (Å²) in [4.78, 5) is 22.1. The van der Waals surface area contributed by atoms with Gasteiger partial charge in [-0.05, 0) is 36.4 Å². The zero-order valence-electron chi connectivity index (χ0n) is 13.5. The van der Waals surface area contributed by atoms with Crippen molar-refractivity contribution in [2.75, 3.05) is 13.2 Å². The van der Waals surface area contributed by atoms with Gasteiger partial charge in [-0.15, -0.1) is 0 Å². The number of ether oxygens (including phenoxy) is 2. The molecule has 1 aliphatic heterocycles. The molecule has 2 aromatic heterocycles. The second-order valence-electron chi connectivity index (χ2n) is 5.93. The highest BCUT2D eigenvalue weighted by molar-refractivity contribution is 5.78. The molecule has 4 aromatic rings. The van der Waals surface area contributed by atoms with Crippen LogP contribution in [0.5, 0.6) is 17.4 Å². The summed E-state index contributed by atoms with van der Waals surface area (Å²) in [5, 5.41) is 10.3. The molecule has 1 aliphatic rings. The lowest BCUT2D eigenvalue weighted by Gasteiger charge is -2.19. The standard InChI is InChI=1S/C18H14N4O4/c23-17-16(10-1-4-14-15(7-10)26-6-5-25-14)22(18(24)21-17)11-2-3-12-13(8-11)20-9-19-12/h1-4,7-9,23H,5-6H2,(H,19,20)(H,21,24). The fourth-order valence-corrected chi connectivity index (χ4v) is 3.19. The summed E-state index contributed by atoms with van der Waals surface area (Å²) >= 11 is 0. The number of fused-ring (bicyclic) bond motifs is 2. The molecule has 2 aromatic carbocycles. The van der Waals surface area contributed by atoms with E-state index in [1.54, 1.807) is 36.7 Å². The van der Waals surface area contributed by atoms with Gasteiger partial charge < -0.3 is 19.6 Å². The van der Waals surface area contributed by atoms with Gasteiger partial charge in [-0.1, -0.05) is 0 Å². The van der Waals surface area contributed by atoms with Crippen LogP contribution in [-0.4, -0.2) is 37.8 Å². The Morgan fingerprint density at radius 1 is 1.08 bits per heavy atom. The first-order chi connectivity index (χ1) is 12.7. The van der Waals surface area contributed by atoms with E-state index >= 15 is 0 Å². The van der Waals surface area contributed by atoms with E-state index < -0.39 is 5.69 Å². The van der Waals surface area contributed by atoms with E-state index in [2.05, 4.69) is 15.0 Å². The van der Waals surface area contributed by atoms with E-state index in [1.807, 2.05) is 6.07 Å². The van der Waals surface area contributed by atoms with Crippen molar-refractivity contribution >= 4 is 11.0 Å². The van der Waals surface area contributed by atoms with Crippen LogP contribution in [0, 0.1) is 0 Å². The first-order valence-electron chi connectivity index (χ1n) is 8.08. The summed E-state index contributed by atoms with van der Waals surface area (Å²) in [6.07, 6.45) is 1.59. The van der Waals surface area contributed by atoms with Gasteiger partial charge in [0.15, 0.2) is 11.5 Å². The van der Waals surface area contributed by atoms with Crippen LogP contribution >= 0.6 is 0 Å². The van der Waals surface area contributed by atoms with Gasteiger partial charge in [-0.25, -0.2) is 9.78 Å². The van der Waals surface area contributed by atoms with Gasteiger partial charge in [-0.2, -0.15) is 0 Å². The highest BCUT2D eigenvalue weighted by atomic mass is 16.6. The van der Waals surface area contributed by atoms with Crippen molar-refractivity contribution in [3.05, 3.63) is 53.2 Å². The summed E-state index contributed by atoms with van der Waals surface area (Å²) in [7, 11) is 0. The number of hydrogen-bond acceptors (Lipinski definition) is 5. The number of benzene rings is 2. The minimum Gasteiger partial charge on any atom is -0.493 e. The molecule has 0 saturated carbocycles. The van der Waals surface area contributed by atoms with E-state index in [0.29, 0.717) is 41.7 Å². The monoisotopic (exact) mass is 350 g/mol. The average Bonchev–Trinajstić information content (AvgIpc) is 3.24. The Balaban J connectivity index is 1.71. The van der Waals surface area contributed by atoms with Gasteiger partial charge in [0.25, 0.3) is 0 Å². The maximum absolute atomic E-state index is 12.5. The lowest BCUT2D eigenvalue weighted by atomic mass is 10.1. The molecule has 3 heterocycles. The third-order valence-corrected chi connectivity index (χ3v) is 4.35. The quantitative estimate of drug-likeness (QED) is 0.514. The number of H-pyrrole nitrogens is 2. The topological polar surface area (TPSA) is 105 Å². The van der Waals surface area contributed by atoms with Gasteiger partial charge in [0.05, 0.1) is 23.0 Å². The lowest BCUT2D eigenvalue weighted by Crippen LogP contribution is -2.16. The summed E-state index contributed by atoms with van der Waals surface area (Å²) < 4.78 is 12.6. The number of aromatic nitrogens is 4. The minimum atomic E-state index is -0.439. The van der Waals surface area contributed by atoms with Crippen LogP contribution in [0.2, 0.25) is 0 Å². The normalized spacial score (nSPS) is 13.2. The van der Waals surface area contributed by atoms with Crippen molar-refractivity contribution in [2.24, 2.45) is 0 Å². The van der Waals surface area contributed by atoms with Gasteiger partial charge >= 0.3 is 5.69 Å². The molecule has 8 heteroatoms. The number of nitrogens with zero attached hydrogens (tertiary/aromatic N) is 2. The Labute approximate surface area is 146 Å². The van der Waals surface area contributed by atoms with Crippen molar-refractivity contribution in [3.8, 4) is 34.3 Å². The predicted octanol–water partition coefficient (Wildman–Crippen LogP) is 2.19. The third-order valence-electron chi connectivity index (χ3n) is 4.35. The Hall–Kier alpha value is -3.68. The molecular weight excluding hydrogens is 336 g/mol. The molecular formula is C18H14N4O4. The van der Waals surface area contributed by atoms with Gasteiger partial charge in [0.2, 0.25) is 5.88 Å². The summed E-state index contributed by atoms with van der Waals surface area (Å²) in [5.74, 6) is 1.01. The van der Waals surface area contributed by atoms with E-state index in [-0.39, 0.29) is 5.88 Å². The number of hydrogen-bond donors (Lipinski definition) is 3. The van der Waals surface area contributed by atoms with Crippen molar-refractivity contribution in [2.45, 2.75) is 0 Å². The van der Waals surface area contributed by atoms with Crippen LogP contribution in [0.4, 0.5) is 0 Å². The van der Waals surface area contributed by atoms with Crippen LogP contribution in [0.3, 0.4) is 0 Å². The van der Waals surface area contributed by atoms with Crippen molar-refractivity contribution in [1.29, 1.82) is 0 Å². The highest BCUT2D eigenvalue weighted by Gasteiger charge is 2.20. The first-order valence-corrected chi connectivity index (χ1v) is 8.08. The molecule has 0 radical (unpaired) electrons. The Kier molecular flexibility index (Phi) is 3.05. The van der Waals surface area contributed by atoms with Crippen molar-refractivity contribution in [3.63, 3.8) is 0 Å². The molecule has 0 fully saturated rings. The summed E-state index contributed by atoms with van der Waals surface area (Å²) in [6, 6.07) is 10.7. The molecule has 5 rings (SSSR count). The van der Waals surface area contributed by atoms with E-state index in [4.69, 9.17) is 9.47 Å². The van der Waals surface area contributed by atoms with Crippen LogP contribution in [0.1, 0.15) is 0 Å². The lowest BCUT2D eigenvalue weighted by molar-refractivity contribution is 0.171. The molecule has 0 saturated heterocycles. The minimum absolute atomic E-state index is 0.212. The summed E-state index contributed by atoms with van der Waals surface area (Å²) in [6.45, 7) is 0.954. The maximum Gasteiger partial charge on any atom is 0.333 e. The van der Waals surface area contributed by atoms with Crippen LogP contribution in [0.25, 0.3) is 28.0 Å². The molecule has 26 heavy (non-hydrogen) atoms. The molecule has 0 aliphatic carbocycles. The van der Waals surface area contributed by atoms with Crippen molar-refractivity contribution in [1.82, 2.24) is 19.5 Å². The number of aromatic hydroxyl groups is 1. The Bertz CT molecular complexity index is 1190. The SMILES string of the molecule is O=c1[nH]c(O)c(-c2ccc3c(c2)OCCO3)n1-c1ccc2nc[nH]c2c1. The zero-order valence-corrected chi connectivity index (χ0v) is 13.5. The smallest absolute Gasteiger partial charge is 0.333 e.